The number of aromatic nitrogens is 2. The third kappa shape index (κ3) is 3.03. The summed E-state index contributed by atoms with van der Waals surface area (Å²) in [4.78, 5) is 16.1. The van der Waals surface area contributed by atoms with Crippen LogP contribution in [0.15, 0.2) is 48.8 Å². The fourth-order valence-corrected chi connectivity index (χ4v) is 2.37. The van der Waals surface area contributed by atoms with Crippen molar-refractivity contribution in [2.75, 3.05) is 6.54 Å². The largest absolute Gasteiger partial charge is 0.350 e. The molecular formula is C16H18N4O. The number of benzene rings is 1. The summed E-state index contributed by atoms with van der Waals surface area (Å²) >= 11 is 0. The number of nitrogens with one attached hydrogen (secondary N) is 2. The predicted molar refractivity (Wildman–Crippen MR) is 81.1 cm³/mol. The monoisotopic (exact) mass is 282 g/mol. The molecular weight excluding hydrogens is 264 g/mol. The molecule has 0 spiro atoms. The molecule has 5 nitrogen and oxygen atoms in total. The van der Waals surface area contributed by atoms with Crippen LogP contribution >= 0.6 is 0 Å². The number of imidazole rings is 1. The van der Waals surface area contributed by atoms with Crippen molar-refractivity contribution in [1.82, 2.24) is 20.2 Å². The number of nitrogens with zero attached hydrogens (tertiary/aromatic N) is 2. The number of hydrogen-bond donors (Lipinski definition) is 2. The van der Waals surface area contributed by atoms with Crippen LogP contribution in [0, 0.1) is 6.92 Å². The second-order valence-corrected chi connectivity index (χ2v) is 5.04. The lowest BCUT2D eigenvalue weighted by Gasteiger charge is -2.11. The summed E-state index contributed by atoms with van der Waals surface area (Å²) in [5, 5.41) is 6.03. The fraction of sp³-hybridized carbons (Fsp3) is 0.250. The van der Waals surface area contributed by atoms with E-state index in [4.69, 9.17) is 0 Å². The van der Waals surface area contributed by atoms with E-state index in [0.29, 0.717) is 6.54 Å². The molecule has 1 aromatic carbocycles. The SMILES string of the molecule is Cc1nccn1-c1ccc(CNC(=O)C2C=CCN2)cc1. The molecule has 0 bridgehead atoms. The molecule has 21 heavy (non-hydrogen) atoms. The van der Waals surface area contributed by atoms with Gasteiger partial charge < -0.3 is 9.88 Å². The lowest BCUT2D eigenvalue weighted by atomic mass is 10.2. The molecule has 2 aromatic rings. The molecule has 1 atom stereocenters. The van der Waals surface area contributed by atoms with Gasteiger partial charge in [-0.25, -0.2) is 4.98 Å². The minimum Gasteiger partial charge on any atom is -0.350 e. The lowest BCUT2D eigenvalue weighted by Crippen LogP contribution is -2.40. The van der Waals surface area contributed by atoms with Crippen LogP contribution < -0.4 is 10.6 Å². The highest BCUT2D eigenvalue weighted by atomic mass is 16.2. The van der Waals surface area contributed by atoms with E-state index >= 15 is 0 Å². The average Bonchev–Trinajstić information content (AvgIpc) is 3.17. The second-order valence-electron chi connectivity index (χ2n) is 5.04. The van der Waals surface area contributed by atoms with E-state index in [1.807, 2.05) is 54.1 Å². The van der Waals surface area contributed by atoms with Gasteiger partial charge in [0, 0.05) is 31.2 Å². The quantitative estimate of drug-likeness (QED) is 0.832. The van der Waals surface area contributed by atoms with Gasteiger partial charge in [0.05, 0.1) is 0 Å². The maximum Gasteiger partial charge on any atom is 0.241 e. The van der Waals surface area contributed by atoms with Gasteiger partial charge in [-0.15, -0.1) is 0 Å². The van der Waals surface area contributed by atoms with Crippen LogP contribution in [0.1, 0.15) is 11.4 Å². The Morgan fingerprint density at radius 2 is 2.24 bits per heavy atom. The van der Waals surface area contributed by atoms with Gasteiger partial charge in [-0.2, -0.15) is 0 Å². The van der Waals surface area contributed by atoms with E-state index < -0.39 is 0 Å². The van der Waals surface area contributed by atoms with Crippen LogP contribution in [-0.2, 0) is 11.3 Å². The number of rotatable bonds is 4. The van der Waals surface area contributed by atoms with Gasteiger partial charge in [-0.05, 0) is 24.6 Å². The zero-order chi connectivity index (χ0) is 14.7. The van der Waals surface area contributed by atoms with Crippen molar-refractivity contribution >= 4 is 5.91 Å². The highest BCUT2D eigenvalue weighted by molar-refractivity contribution is 5.84. The van der Waals surface area contributed by atoms with Crippen LogP contribution in [0.4, 0.5) is 0 Å². The maximum atomic E-state index is 11.9. The normalized spacial score (nSPS) is 17.1. The predicted octanol–water partition coefficient (Wildman–Crippen LogP) is 1.32. The Bertz CT molecular complexity index is 657. The zero-order valence-electron chi connectivity index (χ0n) is 11.9. The molecule has 1 amide bonds. The zero-order valence-corrected chi connectivity index (χ0v) is 11.9. The summed E-state index contributed by atoms with van der Waals surface area (Å²) in [6, 6.07) is 7.91. The lowest BCUT2D eigenvalue weighted by molar-refractivity contribution is -0.122. The molecule has 108 valence electrons. The van der Waals surface area contributed by atoms with E-state index in [2.05, 4.69) is 15.6 Å². The molecule has 0 radical (unpaired) electrons. The number of aryl methyl sites for hydroxylation is 1. The first-order valence-corrected chi connectivity index (χ1v) is 7.01. The summed E-state index contributed by atoms with van der Waals surface area (Å²) < 4.78 is 2.02. The highest BCUT2D eigenvalue weighted by Crippen LogP contribution is 2.11. The van der Waals surface area contributed by atoms with Gasteiger partial charge in [0.1, 0.15) is 11.9 Å². The molecule has 2 heterocycles. The van der Waals surface area contributed by atoms with Crippen LogP contribution in [0.2, 0.25) is 0 Å². The molecule has 3 rings (SSSR count). The second kappa shape index (κ2) is 5.93. The summed E-state index contributed by atoms with van der Waals surface area (Å²) in [6.45, 7) is 3.27. The van der Waals surface area contributed by atoms with E-state index in [1.54, 1.807) is 6.20 Å². The molecule has 1 aromatic heterocycles. The van der Waals surface area contributed by atoms with Crippen molar-refractivity contribution in [3.63, 3.8) is 0 Å². The third-order valence-corrected chi connectivity index (χ3v) is 3.57. The smallest absolute Gasteiger partial charge is 0.241 e. The minimum absolute atomic E-state index is 0.0123. The molecule has 5 heteroatoms. The van der Waals surface area contributed by atoms with Gasteiger partial charge in [-0.3, -0.25) is 10.1 Å². The Morgan fingerprint density at radius 3 is 2.86 bits per heavy atom. The molecule has 1 aliphatic rings. The summed E-state index contributed by atoms with van der Waals surface area (Å²) in [6.07, 6.45) is 7.57. The van der Waals surface area contributed by atoms with Crippen molar-refractivity contribution in [2.45, 2.75) is 19.5 Å². The number of hydrogen-bond acceptors (Lipinski definition) is 3. The molecule has 0 aliphatic carbocycles. The number of amides is 1. The van der Waals surface area contributed by atoms with Crippen LogP contribution in [0.25, 0.3) is 5.69 Å². The molecule has 1 aliphatic heterocycles. The maximum absolute atomic E-state index is 11.9. The first-order chi connectivity index (χ1) is 10.2. The van der Waals surface area contributed by atoms with E-state index in [9.17, 15) is 4.79 Å². The summed E-state index contributed by atoms with van der Waals surface area (Å²) in [5.41, 5.74) is 2.15. The van der Waals surface area contributed by atoms with Crippen molar-refractivity contribution in [3.8, 4) is 5.69 Å². The van der Waals surface area contributed by atoms with Crippen molar-refractivity contribution < 1.29 is 4.79 Å². The van der Waals surface area contributed by atoms with Crippen molar-refractivity contribution in [3.05, 3.63) is 60.2 Å². The van der Waals surface area contributed by atoms with Gasteiger partial charge in [-0.1, -0.05) is 24.3 Å². The van der Waals surface area contributed by atoms with Crippen molar-refractivity contribution in [2.24, 2.45) is 0 Å². The van der Waals surface area contributed by atoms with Gasteiger partial charge in [0.2, 0.25) is 5.91 Å². The Labute approximate surface area is 123 Å². The standard InChI is InChI=1S/C16H18N4O/c1-12-17-9-10-20(12)14-6-4-13(5-7-14)11-19-16(21)15-3-2-8-18-15/h2-7,9-10,15,18H,8,11H2,1H3,(H,19,21). The third-order valence-electron chi connectivity index (χ3n) is 3.57. The first-order valence-electron chi connectivity index (χ1n) is 7.01. The van der Waals surface area contributed by atoms with Crippen LogP contribution in [0.3, 0.4) is 0 Å². The summed E-state index contributed by atoms with van der Waals surface area (Å²) in [7, 11) is 0. The van der Waals surface area contributed by atoms with E-state index in [1.165, 1.54) is 0 Å². The highest BCUT2D eigenvalue weighted by Gasteiger charge is 2.16. The average molecular weight is 282 g/mol. The Balaban J connectivity index is 1.61. The van der Waals surface area contributed by atoms with E-state index in [-0.39, 0.29) is 11.9 Å². The number of carbonyl (C=O) groups excluding carboxylic acids is 1. The Hall–Kier alpha value is -2.40. The topological polar surface area (TPSA) is 59.0 Å². The van der Waals surface area contributed by atoms with Crippen LogP contribution in [0.5, 0.6) is 0 Å². The van der Waals surface area contributed by atoms with Gasteiger partial charge >= 0.3 is 0 Å². The Morgan fingerprint density at radius 1 is 1.43 bits per heavy atom. The minimum atomic E-state index is -0.196. The van der Waals surface area contributed by atoms with Crippen molar-refractivity contribution in [1.29, 1.82) is 0 Å². The van der Waals surface area contributed by atoms with Gasteiger partial charge in [0.25, 0.3) is 0 Å². The van der Waals surface area contributed by atoms with Crippen LogP contribution in [-0.4, -0.2) is 28.0 Å². The molecule has 0 saturated heterocycles. The molecule has 0 saturated carbocycles. The Kier molecular flexibility index (Phi) is 3.83. The molecule has 0 fully saturated rings. The van der Waals surface area contributed by atoms with E-state index in [0.717, 1.165) is 23.6 Å². The summed E-state index contributed by atoms with van der Waals surface area (Å²) in [5.74, 6) is 0.966. The fourth-order valence-electron chi connectivity index (χ4n) is 2.37. The molecule has 2 N–H and O–H groups in total. The first kappa shape index (κ1) is 13.6. The van der Waals surface area contributed by atoms with Gasteiger partial charge in [0.15, 0.2) is 0 Å². The molecule has 1 unspecified atom stereocenters. The number of carbonyl (C=O) groups is 1.